The highest BCUT2D eigenvalue weighted by molar-refractivity contribution is 5.93. The number of para-hydroxylation sites is 1. The predicted molar refractivity (Wildman–Crippen MR) is 62.9 cm³/mol. The normalized spacial score (nSPS) is 27.9. The van der Waals surface area contributed by atoms with Crippen LogP contribution in [0.5, 0.6) is 0 Å². The number of aromatic nitrogens is 1. The quantitative estimate of drug-likeness (QED) is 0.735. The number of carbonyl (C=O) groups is 1. The molecule has 3 N–H and O–H groups in total. The molecular weight excluding hydrogens is 218 g/mol. The van der Waals surface area contributed by atoms with Crippen LogP contribution in [0.25, 0.3) is 10.9 Å². The number of benzene rings is 1. The van der Waals surface area contributed by atoms with E-state index in [9.17, 15) is 15.0 Å². The van der Waals surface area contributed by atoms with Crippen molar-refractivity contribution >= 4 is 16.9 Å². The molecule has 1 heterocycles. The lowest BCUT2D eigenvalue weighted by Crippen LogP contribution is -2.50. The van der Waals surface area contributed by atoms with E-state index in [1.54, 1.807) is 6.20 Å². The van der Waals surface area contributed by atoms with Gasteiger partial charge in [-0.2, -0.15) is 0 Å². The lowest BCUT2D eigenvalue weighted by Gasteiger charge is -2.41. The second-order valence-electron chi connectivity index (χ2n) is 4.70. The minimum atomic E-state index is -0.918. The molecule has 17 heavy (non-hydrogen) atoms. The highest BCUT2D eigenvalue weighted by atomic mass is 16.4. The van der Waals surface area contributed by atoms with Crippen LogP contribution in [0, 0.1) is 0 Å². The average Bonchev–Trinajstić information content (AvgIpc) is 2.68. The van der Waals surface area contributed by atoms with Crippen LogP contribution < -0.4 is 0 Å². The van der Waals surface area contributed by atoms with Gasteiger partial charge in [-0.15, -0.1) is 0 Å². The standard InChI is InChI=1S/C13H13NO3/c15-8-5-13(6-8,12(16)17)10-7-14-11-4-2-1-3-9(10)11/h1-4,7-8,14-15H,5-6H2,(H,16,17). The van der Waals surface area contributed by atoms with Gasteiger partial charge in [0.25, 0.3) is 0 Å². The number of aliphatic hydroxyl groups excluding tert-OH is 1. The van der Waals surface area contributed by atoms with Gasteiger partial charge < -0.3 is 15.2 Å². The maximum absolute atomic E-state index is 11.5. The molecule has 1 aliphatic rings. The van der Waals surface area contributed by atoms with Crippen molar-refractivity contribution in [2.24, 2.45) is 0 Å². The van der Waals surface area contributed by atoms with Gasteiger partial charge in [0.15, 0.2) is 0 Å². The zero-order valence-electron chi connectivity index (χ0n) is 9.18. The second-order valence-corrected chi connectivity index (χ2v) is 4.70. The topological polar surface area (TPSA) is 73.3 Å². The molecule has 88 valence electrons. The Bertz CT molecular complexity index is 581. The van der Waals surface area contributed by atoms with E-state index in [0.29, 0.717) is 12.8 Å². The number of H-pyrrole nitrogens is 1. The minimum absolute atomic E-state index is 0.296. The fraction of sp³-hybridized carbons (Fsp3) is 0.308. The molecule has 0 amide bonds. The SMILES string of the molecule is O=C(O)C1(c2c[nH]c3ccccc23)CC(O)C1. The molecule has 0 unspecified atom stereocenters. The summed E-state index contributed by atoms with van der Waals surface area (Å²) in [5.74, 6) is -0.854. The molecule has 0 saturated heterocycles. The largest absolute Gasteiger partial charge is 0.481 e. The van der Waals surface area contributed by atoms with Gasteiger partial charge in [-0.3, -0.25) is 4.79 Å². The summed E-state index contributed by atoms with van der Waals surface area (Å²) in [4.78, 5) is 14.6. The van der Waals surface area contributed by atoms with Gasteiger partial charge in [-0.25, -0.2) is 0 Å². The van der Waals surface area contributed by atoms with Crippen LogP contribution in [0.4, 0.5) is 0 Å². The summed E-state index contributed by atoms with van der Waals surface area (Å²) in [5, 5.41) is 19.8. The van der Waals surface area contributed by atoms with Gasteiger partial charge in [0.05, 0.1) is 11.5 Å². The van der Waals surface area contributed by atoms with Gasteiger partial charge in [0, 0.05) is 17.1 Å². The number of aromatic amines is 1. The van der Waals surface area contributed by atoms with E-state index in [-0.39, 0.29) is 0 Å². The summed E-state index contributed by atoms with van der Waals surface area (Å²) in [7, 11) is 0. The highest BCUT2D eigenvalue weighted by Crippen LogP contribution is 2.46. The number of fused-ring (bicyclic) bond motifs is 1. The molecule has 1 aliphatic carbocycles. The molecule has 0 bridgehead atoms. The summed E-state index contributed by atoms with van der Waals surface area (Å²) in [6.07, 6.45) is 1.85. The first-order valence-corrected chi connectivity index (χ1v) is 5.61. The van der Waals surface area contributed by atoms with E-state index >= 15 is 0 Å². The van der Waals surface area contributed by atoms with Crippen LogP contribution in [0.2, 0.25) is 0 Å². The third-order valence-electron chi connectivity index (χ3n) is 3.68. The average molecular weight is 231 g/mol. The van der Waals surface area contributed by atoms with E-state index in [0.717, 1.165) is 16.5 Å². The van der Waals surface area contributed by atoms with Crippen LogP contribution in [0.3, 0.4) is 0 Å². The van der Waals surface area contributed by atoms with E-state index in [1.807, 2.05) is 24.3 Å². The summed E-state index contributed by atoms with van der Waals surface area (Å²) in [6, 6.07) is 7.63. The van der Waals surface area contributed by atoms with Crippen molar-refractivity contribution in [1.82, 2.24) is 4.98 Å². The Morgan fingerprint density at radius 3 is 2.71 bits per heavy atom. The molecule has 0 atom stereocenters. The lowest BCUT2D eigenvalue weighted by molar-refractivity contribution is -0.152. The van der Waals surface area contributed by atoms with Crippen LogP contribution in [-0.4, -0.2) is 27.3 Å². The summed E-state index contributed by atoms with van der Waals surface area (Å²) >= 11 is 0. The molecule has 1 aromatic heterocycles. The Kier molecular flexibility index (Phi) is 2.03. The van der Waals surface area contributed by atoms with E-state index in [1.165, 1.54) is 0 Å². The van der Waals surface area contributed by atoms with Crippen molar-refractivity contribution in [2.45, 2.75) is 24.4 Å². The molecule has 4 nitrogen and oxygen atoms in total. The van der Waals surface area contributed by atoms with Crippen molar-refractivity contribution in [3.8, 4) is 0 Å². The fourth-order valence-electron chi connectivity index (χ4n) is 2.72. The molecule has 1 saturated carbocycles. The Balaban J connectivity index is 2.17. The number of carboxylic acids is 1. The van der Waals surface area contributed by atoms with Crippen molar-refractivity contribution in [1.29, 1.82) is 0 Å². The van der Waals surface area contributed by atoms with Gasteiger partial charge in [0.2, 0.25) is 0 Å². The van der Waals surface area contributed by atoms with Crippen molar-refractivity contribution in [2.75, 3.05) is 0 Å². The molecule has 3 rings (SSSR count). The first-order chi connectivity index (χ1) is 8.13. The third-order valence-corrected chi connectivity index (χ3v) is 3.68. The number of aliphatic carboxylic acids is 1. The number of hydrogen-bond acceptors (Lipinski definition) is 2. The number of carboxylic acid groups (broad SMARTS) is 1. The van der Waals surface area contributed by atoms with Gasteiger partial charge in [-0.05, 0) is 24.5 Å². The first kappa shape index (κ1) is 10.4. The van der Waals surface area contributed by atoms with Gasteiger partial charge >= 0.3 is 5.97 Å². The number of rotatable bonds is 2. The van der Waals surface area contributed by atoms with Gasteiger partial charge in [0.1, 0.15) is 0 Å². The van der Waals surface area contributed by atoms with E-state index < -0.39 is 17.5 Å². The van der Waals surface area contributed by atoms with Crippen LogP contribution in [0.1, 0.15) is 18.4 Å². The molecule has 1 fully saturated rings. The Morgan fingerprint density at radius 2 is 2.06 bits per heavy atom. The molecule has 0 aliphatic heterocycles. The summed E-state index contributed by atoms with van der Waals surface area (Å²) < 4.78 is 0. The maximum atomic E-state index is 11.5. The lowest BCUT2D eigenvalue weighted by atomic mass is 9.62. The molecule has 0 spiro atoms. The number of hydrogen-bond donors (Lipinski definition) is 3. The van der Waals surface area contributed by atoms with Crippen molar-refractivity contribution in [3.05, 3.63) is 36.0 Å². The molecular formula is C13H13NO3. The first-order valence-electron chi connectivity index (χ1n) is 5.61. The second kappa shape index (κ2) is 3.34. The number of aliphatic hydroxyl groups is 1. The van der Waals surface area contributed by atoms with E-state index in [4.69, 9.17) is 0 Å². The maximum Gasteiger partial charge on any atom is 0.314 e. The minimum Gasteiger partial charge on any atom is -0.481 e. The smallest absolute Gasteiger partial charge is 0.314 e. The molecule has 0 radical (unpaired) electrons. The zero-order valence-corrected chi connectivity index (χ0v) is 9.18. The van der Waals surface area contributed by atoms with Crippen LogP contribution in [-0.2, 0) is 10.2 Å². The van der Waals surface area contributed by atoms with Crippen molar-refractivity contribution in [3.63, 3.8) is 0 Å². The Labute approximate surface area is 97.9 Å². The fourth-order valence-corrected chi connectivity index (χ4v) is 2.72. The van der Waals surface area contributed by atoms with E-state index in [2.05, 4.69) is 4.98 Å². The van der Waals surface area contributed by atoms with Crippen molar-refractivity contribution < 1.29 is 15.0 Å². The Hall–Kier alpha value is -1.81. The molecule has 2 aromatic rings. The van der Waals surface area contributed by atoms with Crippen LogP contribution >= 0.6 is 0 Å². The zero-order chi connectivity index (χ0) is 12.0. The molecule has 4 heteroatoms. The monoisotopic (exact) mass is 231 g/mol. The predicted octanol–water partition coefficient (Wildman–Crippen LogP) is 1.64. The summed E-state index contributed by atoms with van der Waals surface area (Å²) in [5.41, 5.74) is 0.800. The Morgan fingerprint density at radius 1 is 1.35 bits per heavy atom. The highest BCUT2D eigenvalue weighted by Gasteiger charge is 2.52. The summed E-state index contributed by atoms with van der Waals surface area (Å²) in [6.45, 7) is 0. The van der Waals surface area contributed by atoms with Gasteiger partial charge in [-0.1, -0.05) is 18.2 Å². The number of nitrogens with one attached hydrogen (secondary N) is 1. The van der Waals surface area contributed by atoms with Crippen LogP contribution in [0.15, 0.2) is 30.5 Å². The third kappa shape index (κ3) is 1.31. The molecule has 1 aromatic carbocycles.